The summed E-state index contributed by atoms with van der Waals surface area (Å²) in [5.74, 6) is 0.979. The first-order valence-corrected chi connectivity index (χ1v) is 6.05. The molecule has 94 valence electrons. The normalized spacial score (nSPS) is 18.1. The molecule has 2 rings (SSSR count). The van der Waals surface area contributed by atoms with Gasteiger partial charge in [-0.2, -0.15) is 0 Å². The van der Waals surface area contributed by atoms with E-state index in [9.17, 15) is 0 Å². The molecule has 1 aliphatic rings. The van der Waals surface area contributed by atoms with Gasteiger partial charge < -0.3 is 20.9 Å². The maximum absolute atomic E-state index is 9.15. The molecule has 4 N–H and O–H groups in total. The number of aliphatic hydroxyl groups is 1. The minimum absolute atomic E-state index is 0.0211. The van der Waals surface area contributed by atoms with Gasteiger partial charge in [0.1, 0.15) is 5.75 Å². The Labute approximate surface area is 102 Å². The van der Waals surface area contributed by atoms with Gasteiger partial charge in [-0.05, 0) is 37.1 Å². The zero-order valence-electron chi connectivity index (χ0n) is 10.1. The molecule has 2 atom stereocenters. The van der Waals surface area contributed by atoms with Gasteiger partial charge in [-0.3, -0.25) is 0 Å². The lowest BCUT2D eigenvalue weighted by Crippen LogP contribution is -2.39. The third kappa shape index (κ3) is 2.60. The third-order valence-electron chi connectivity index (χ3n) is 3.24. The minimum Gasteiger partial charge on any atom is -0.493 e. The second-order valence-electron chi connectivity index (χ2n) is 4.43. The molecule has 0 fully saturated rings. The van der Waals surface area contributed by atoms with Crippen molar-refractivity contribution in [3.05, 3.63) is 29.3 Å². The van der Waals surface area contributed by atoms with Crippen molar-refractivity contribution in [2.75, 3.05) is 20.3 Å². The molecule has 1 aromatic rings. The number of benzene rings is 1. The lowest BCUT2D eigenvalue weighted by molar-refractivity contribution is 0.240. The number of ether oxygens (including phenoxy) is 1. The lowest BCUT2D eigenvalue weighted by Gasteiger charge is -2.24. The first-order chi connectivity index (χ1) is 8.26. The van der Waals surface area contributed by atoms with Gasteiger partial charge in [-0.15, -0.1) is 0 Å². The minimum atomic E-state index is -0.289. The number of nitrogens with two attached hydrogens (primary N) is 1. The Bertz CT molecular complexity index is 382. The van der Waals surface area contributed by atoms with Crippen LogP contribution in [-0.4, -0.2) is 31.4 Å². The van der Waals surface area contributed by atoms with Crippen LogP contribution in [0.15, 0.2) is 18.2 Å². The van der Waals surface area contributed by atoms with E-state index in [0.29, 0.717) is 0 Å². The number of aryl methyl sites for hydroxylation is 1. The SMILES string of the molecule is CNC(c1ccc2c(c1)CCCO2)C(N)CO. The monoisotopic (exact) mass is 236 g/mol. The van der Waals surface area contributed by atoms with Crippen LogP contribution in [0.4, 0.5) is 0 Å². The Morgan fingerprint density at radius 3 is 3.06 bits per heavy atom. The molecule has 0 aliphatic carbocycles. The summed E-state index contributed by atoms with van der Waals surface area (Å²) in [7, 11) is 1.86. The van der Waals surface area contributed by atoms with Crippen molar-refractivity contribution in [2.45, 2.75) is 24.9 Å². The van der Waals surface area contributed by atoms with E-state index < -0.39 is 0 Å². The molecule has 4 heteroatoms. The van der Waals surface area contributed by atoms with Crippen LogP contribution in [0.1, 0.15) is 23.6 Å². The van der Waals surface area contributed by atoms with E-state index >= 15 is 0 Å². The molecule has 0 amide bonds. The summed E-state index contributed by atoms with van der Waals surface area (Å²) in [6.45, 7) is 0.775. The van der Waals surface area contributed by atoms with Gasteiger partial charge in [0, 0.05) is 12.1 Å². The Kier molecular flexibility index (Phi) is 3.99. The van der Waals surface area contributed by atoms with Gasteiger partial charge in [-0.1, -0.05) is 12.1 Å². The van der Waals surface area contributed by atoms with Crippen molar-refractivity contribution < 1.29 is 9.84 Å². The molecule has 2 unspecified atom stereocenters. The second kappa shape index (κ2) is 5.49. The first kappa shape index (κ1) is 12.4. The zero-order valence-corrected chi connectivity index (χ0v) is 10.1. The van der Waals surface area contributed by atoms with Crippen LogP contribution in [0.3, 0.4) is 0 Å². The van der Waals surface area contributed by atoms with Crippen molar-refractivity contribution in [3.63, 3.8) is 0 Å². The van der Waals surface area contributed by atoms with E-state index in [1.54, 1.807) is 0 Å². The van der Waals surface area contributed by atoms with Gasteiger partial charge >= 0.3 is 0 Å². The predicted octanol–water partition coefficient (Wildman–Crippen LogP) is 0.592. The zero-order chi connectivity index (χ0) is 12.3. The van der Waals surface area contributed by atoms with E-state index in [1.165, 1.54) is 5.56 Å². The fourth-order valence-electron chi connectivity index (χ4n) is 2.31. The molecular weight excluding hydrogens is 216 g/mol. The number of hydrogen-bond acceptors (Lipinski definition) is 4. The topological polar surface area (TPSA) is 67.5 Å². The van der Waals surface area contributed by atoms with Crippen molar-refractivity contribution in [1.29, 1.82) is 0 Å². The summed E-state index contributed by atoms with van der Waals surface area (Å²) in [6, 6.07) is 5.83. The molecule has 1 heterocycles. The fourth-order valence-corrected chi connectivity index (χ4v) is 2.31. The average molecular weight is 236 g/mol. The maximum Gasteiger partial charge on any atom is 0.122 e. The Morgan fingerprint density at radius 2 is 2.35 bits per heavy atom. The van der Waals surface area contributed by atoms with Crippen molar-refractivity contribution in [1.82, 2.24) is 5.32 Å². The van der Waals surface area contributed by atoms with E-state index in [1.807, 2.05) is 19.2 Å². The number of nitrogens with one attached hydrogen (secondary N) is 1. The summed E-state index contributed by atoms with van der Waals surface area (Å²) in [5.41, 5.74) is 8.24. The molecule has 0 aromatic heterocycles. The molecular formula is C13H20N2O2. The van der Waals surface area contributed by atoms with Crippen LogP contribution in [-0.2, 0) is 6.42 Å². The van der Waals surface area contributed by atoms with E-state index in [2.05, 4.69) is 11.4 Å². The standard InChI is InChI=1S/C13H20N2O2/c1-15-13(11(14)8-16)10-4-5-12-9(7-10)3-2-6-17-12/h4-5,7,11,13,15-16H,2-3,6,8,14H2,1H3. The van der Waals surface area contributed by atoms with Gasteiger partial charge in [0.25, 0.3) is 0 Å². The van der Waals surface area contributed by atoms with Crippen LogP contribution in [0.5, 0.6) is 5.75 Å². The van der Waals surface area contributed by atoms with Crippen LogP contribution < -0.4 is 15.8 Å². The van der Waals surface area contributed by atoms with Crippen LogP contribution in [0.25, 0.3) is 0 Å². The number of rotatable bonds is 4. The van der Waals surface area contributed by atoms with Crippen LogP contribution in [0, 0.1) is 0 Å². The molecule has 1 aliphatic heterocycles. The van der Waals surface area contributed by atoms with E-state index in [4.69, 9.17) is 15.6 Å². The molecule has 0 saturated heterocycles. The smallest absolute Gasteiger partial charge is 0.122 e. The van der Waals surface area contributed by atoms with Gasteiger partial charge in [0.2, 0.25) is 0 Å². The Morgan fingerprint density at radius 1 is 1.53 bits per heavy atom. The van der Waals surface area contributed by atoms with E-state index in [-0.39, 0.29) is 18.7 Å². The number of fused-ring (bicyclic) bond motifs is 1. The largest absolute Gasteiger partial charge is 0.493 e. The number of likely N-dealkylation sites (N-methyl/N-ethyl adjacent to an activating group) is 1. The Balaban J connectivity index is 2.25. The van der Waals surface area contributed by atoms with Crippen molar-refractivity contribution in [3.8, 4) is 5.75 Å². The highest BCUT2D eigenvalue weighted by molar-refractivity contribution is 5.40. The highest BCUT2D eigenvalue weighted by atomic mass is 16.5. The molecule has 4 nitrogen and oxygen atoms in total. The number of aliphatic hydroxyl groups excluding tert-OH is 1. The molecule has 0 radical (unpaired) electrons. The summed E-state index contributed by atoms with van der Waals surface area (Å²) in [4.78, 5) is 0. The highest BCUT2D eigenvalue weighted by Crippen LogP contribution is 2.28. The Hall–Kier alpha value is -1.10. The van der Waals surface area contributed by atoms with Crippen LogP contribution in [0.2, 0.25) is 0 Å². The third-order valence-corrected chi connectivity index (χ3v) is 3.24. The molecule has 0 spiro atoms. The van der Waals surface area contributed by atoms with Crippen LogP contribution >= 0.6 is 0 Å². The summed E-state index contributed by atoms with van der Waals surface area (Å²) >= 11 is 0. The number of hydrogen-bond donors (Lipinski definition) is 3. The lowest BCUT2D eigenvalue weighted by atomic mass is 9.96. The molecule has 0 bridgehead atoms. The summed E-state index contributed by atoms with van der Waals surface area (Å²) in [5, 5.41) is 12.3. The highest BCUT2D eigenvalue weighted by Gasteiger charge is 2.19. The summed E-state index contributed by atoms with van der Waals surface area (Å²) in [6.07, 6.45) is 2.11. The van der Waals surface area contributed by atoms with Gasteiger partial charge in [0.15, 0.2) is 0 Å². The van der Waals surface area contributed by atoms with Gasteiger partial charge in [-0.25, -0.2) is 0 Å². The average Bonchev–Trinajstić information content (AvgIpc) is 2.39. The maximum atomic E-state index is 9.15. The predicted molar refractivity (Wildman–Crippen MR) is 67.1 cm³/mol. The first-order valence-electron chi connectivity index (χ1n) is 6.05. The molecule has 17 heavy (non-hydrogen) atoms. The van der Waals surface area contributed by atoms with E-state index in [0.717, 1.165) is 30.8 Å². The van der Waals surface area contributed by atoms with Crippen molar-refractivity contribution >= 4 is 0 Å². The second-order valence-corrected chi connectivity index (χ2v) is 4.43. The fraction of sp³-hybridized carbons (Fsp3) is 0.538. The van der Waals surface area contributed by atoms with Crippen molar-refractivity contribution in [2.24, 2.45) is 5.73 Å². The molecule has 0 saturated carbocycles. The summed E-state index contributed by atoms with van der Waals surface area (Å²) < 4.78 is 5.58. The molecule has 1 aromatic carbocycles. The quantitative estimate of drug-likeness (QED) is 0.716. The van der Waals surface area contributed by atoms with Gasteiger partial charge in [0.05, 0.1) is 13.2 Å².